The first-order valence-corrected chi connectivity index (χ1v) is 10.7. The highest BCUT2D eigenvalue weighted by atomic mass is 32.2. The number of hydrogen-bond donors (Lipinski definition) is 1. The second-order valence-corrected chi connectivity index (χ2v) is 8.38. The molecule has 1 aromatic carbocycles. The van der Waals surface area contributed by atoms with E-state index in [0.29, 0.717) is 15.9 Å². The van der Waals surface area contributed by atoms with E-state index in [2.05, 4.69) is 15.3 Å². The Morgan fingerprint density at radius 3 is 2.89 bits per heavy atom. The Labute approximate surface area is 169 Å². The van der Waals surface area contributed by atoms with Gasteiger partial charge in [0.15, 0.2) is 0 Å². The van der Waals surface area contributed by atoms with Gasteiger partial charge in [-0.3, -0.25) is 14.2 Å². The summed E-state index contributed by atoms with van der Waals surface area (Å²) in [5.74, 6) is -0.271. The van der Waals surface area contributed by atoms with Crippen molar-refractivity contribution >= 4 is 55.1 Å². The summed E-state index contributed by atoms with van der Waals surface area (Å²) in [5.41, 5.74) is 3.09. The standard InChI is InChI=1S/C20H18N4O2S2/c1-11-7-12(2)22-19-16(11)17-18(28-19)20(26)24(10-21-17)9-15(25)23-13-5-4-6-14(8-13)27-3/h4-8,10H,9H2,1-3H3,(H,23,25). The molecule has 1 N–H and O–H groups in total. The Kier molecular flexibility index (Phi) is 4.91. The molecule has 0 saturated carbocycles. The van der Waals surface area contributed by atoms with Gasteiger partial charge in [0.05, 0.1) is 11.8 Å². The van der Waals surface area contributed by atoms with Crippen molar-refractivity contribution in [3.63, 3.8) is 0 Å². The fourth-order valence-corrected chi connectivity index (χ4v) is 4.83. The van der Waals surface area contributed by atoms with Crippen LogP contribution in [-0.4, -0.2) is 26.7 Å². The molecule has 1 amide bonds. The highest BCUT2D eigenvalue weighted by molar-refractivity contribution is 7.98. The summed E-state index contributed by atoms with van der Waals surface area (Å²) in [6.45, 7) is 3.83. The molecule has 0 spiro atoms. The number of aromatic nitrogens is 3. The van der Waals surface area contributed by atoms with Crippen molar-refractivity contribution < 1.29 is 4.79 Å². The molecule has 28 heavy (non-hydrogen) atoms. The number of rotatable bonds is 4. The summed E-state index contributed by atoms with van der Waals surface area (Å²) in [6, 6.07) is 9.57. The Balaban J connectivity index is 1.66. The number of thioether (sulfide) groups is 1. The van der Waals surface area contributed by atoms with Crippen LogP contribution in [0.3, 0.4) is 0 Å². The van der Waals surface area contributed by atoms with Crippen molar-refractivity contribution in [3.8, 4) is 0 Å². The Hall–Kier alpha value is -2.71. The number of pyridine rings is 1. The number of fused-ring (bicyclic) bond motifs is 3. The van der Waals surface area contributed by atoms with Gasteiger partial charge in [-0.15, -0.1) is 23.1 Å². The normalized spacial score (nSPS) is 11.2. The molecule has 3 aromatic heterocycles. The van der Waals surface area contributed by atoms with E-state index in [4.69, 9.17) is 0 Å². The maximum atomic E-state index is 12.9. The van der Waals surface area contributed by atoms with Gasteiger partial charge in [-0.05, 0) is 49.9 Å². The third kappa shape index (κ3) is 3.41. The van der Waals surface area contributed by atoms with Crippen molar-refractivity contribution in [1.29, 1.82) is 0 Å². The Morgan fingerprint density at radius 2 is 2.11 bits per heavy atom. The quantitative estimate of drug-likeness (QED) is 0.515. The zero-order chi connectivity index (χ0) is 19.8. The molecule has 8 heteroatoms. The second kappa shape index (κ2) is 7.37. The van der Waals surface area contributed by atoms with Gasteiger partial charge in [0, 0.05) is 21.7 Å². The Bertz CT molecular complexity index is 1280. The van der Waals surface area contributed by atoms with E-state index in [0.717, 1.165) is 26.4 Å². The van der Waals surface area contributed by atoms with E-state index < -0.39 is 0 Å². The first-order valence-electron chi connectivity index (χ1n) is 8.66. The average molecular weight is 411 g/mol. The number of nitrogens with zero attached hydrogens (tertiary/aromatic N) is 3. The van der Waals surface area contributed by atoms with Crippen LogP contribution in [0, 0.1) is 13.8 Å². The highest BCUT2D eigenvalue weighted by Gasteiger charge is 2.16. The monoisotopic (exact) mass is 410 g/mol. The third-order valence-corrected chi connectivity index (χ3v) is 6.20. The molecular weight excluding hydrogens is 392 g/mol. The van der Waals surface area contributed by atoms with E-state index in [1.807, 2.05) is 50.4 Å². The molecule has 3 heterocycles. The minimum atomic E-state index is -0.271. The Morgan fingerprint density at radius 1 is 1.29 bits per heavy atom. The molecular formula is C20H18N4O2S2. The second-order valence-electron chi connectivity index (χ2n) is 6.50. The largest absolute Gasteiger partial charge is 0.324 e. The molecule has 0 aliphatic carbocycles. The lowest BCUT2D eigenvalue weighted by Gasteiger charge is -2.08. The molecule has 0 unspecified atom stereocenters. The summed E-state index contributed by atoms with van der Waals surface area (Å²) < 4.78 is 1.86. The fraction of sp³-hybridized carbons (Fsp3) is 0.200. The molecule has 0 bridgehead atoms. The number of nitrogens with one attached hydrogen (secondary N) is 1. The number of hydrogen-bond acceptors (Lipinski definition) is 6. The molecule has 4 rings (SSSR count). The molecule has 0 atom stereocenters. The van der Waals surface area contributed by atoms with Gasteiger partial charge in [0.25, 0.3) is 5.56 Å². The van der Waals surface area contributed by atoms with Gasteiger partial charge in [-0.25, -0.2) is 9.97 Å². The van der Waals surface area contributed by atoms with Crippen LogP contribution in [0.25, 0.3) is 20.4 Å². The van der Waals surface area contributed by atoms with E-state index in [1.165, 1.54) is 22.2 Å². The summed E-state index contributed by atoms with van der Waals surface area (Å²) >= 11 is 2.93. The van der Waals surface area contributed by atoms with Crippen molar-refractivity contribution in [2.75, 3.05) is 11.6 Å². The van der Waals surface area contributed by atoms with Crippen molar-refractivity contribution in [1.82, 2.24) is 14.5 Å². The molecule has 0 radical (unpaired) electrons. The van der Waals surface area contributed by atoms with Crippen LogP contribution in [0.1, 0.15) is 11.3 Å². The fourth-order valence-electron chi connectivity index (χ4n) is 3.17. The first kappa shape index (κ1) is 18.6. The molecule has 0 aliphatic heterocycles. The van der Waals surface area contributed by atoms with Crippen molar-refractivity contribution in [2.24, 2.45) is 0 Å². The van der Waals surface area contributed by atoms with E-state index >= 15 is 0 Å². The maximum absolute atomic E-state index is 12.9. The first-order chi connectivity index (χ1) is 13.5. The van der Waals surface area contributed by atoms with Crippen LogP contribution in [0.4, 0.5) is 5.69 Å². The zero-order valence-electron chi connectivity index (χ0n) is 15.6. The molecule has 6 nitrogen and oxygen atoms in total. The van der Waals surface area contributed by atoms with Gasteiger partial charge in [-0.1, -0.05) is 6.07 Å². The van der Waals surface area contributed by atoms with E-state index in [9.17, 15) is 9.59 Å². The zero-order valence-corrected chi connectivity index (χ0v) is 17.3. The number of anilines is 1. The predicted molar refractivity (Wildman–Crippen MR) is 116 cm³/mol. The lowest BCUT2D eigenvalue weighted by Crippen LogP contribution is -2.27. The number of thiophene rings is 1. The minimum Gasteiger partial charge on any atom is -0.324 e. The van der Waals surface area contributed by atoms with E-state index in [1.54, 1.807) is 11.8 Å². The van der Waals surface area contributed by atoms with Gasteiger partial charge in [-0.2, -0.15) is 0 Å². The average Bonchev–Trinajstić information content (AvgIpc) is 3.03. The molecule has 142 valence electrons. The van der Waals surface area contributed by atoms with Crippen molar-refractivity contribution in [3.05, 3.63) is 58.3 Å². The smallest absolute Gasteiger partial charge is 0.271 e. The molecule has 0 saturated heterocycles. The van der Waals surface area contributed by atoms with Crippen LogP contribution in [0.2, 0.25) is 0 Å². The van der Waals surface area contributed by atoms with Gasteiger partial charge < -0.3 is 5.32 Å². The van der Waals surface area contributed by atoms with Gasteiger partial charge >= 0.3 is 0 Å². The van der Waals surface area contributed by atoms with Crippen LogP contribution in [0.15, 0.2) is 46.3 Å². The molecule has 4 aromatic rings. The topological polar surface area (TPSA) is 76.9 Å². The maximum Gasteiger partial charge on any atom is 0.271 e. The number of carbonyl (C=O) groups excluding carboxylic acids is 1. The summed E-state index contributed by atoms with van der Waals surface area (Å²) in [6.07, 6.45) is 3.42. The van der Waals surface area contributed by atoms with Gasteiger partial charge in [0.2, 0.25) is 5.91 Å². The SMILES string of the molecule is CSc1cccc(NC(=O)Cn2cnc3c(sc4nc(C)cc(C)c43)c2=O)c1. The van der Waals surface area contributed by atoms with E-state index in [-0.39, 0.29) is 18.0 Å². The van der Waals surface area contributed by atoms with Crippen LogP contribution < -0.4 is 10.9 Å². The van der Waals surface area contributed by atoms with Crippen LogP contribution in [-0.2, 0) is 11.3 Å². The van der Waals surface area contributed by atoms with Gasteiger partial charge in [0.1, 0.15) is 16.1 Å². The summed E-state index contributed by atoms with van der Waals surface area (Å²) in [5, 5.41) is 3.75. The highest BCUT2D eigenvalue weighted by Crippen LogP contribution is 2.31. The molecule has 0 aliphatic rings. The minimum absolute atomic E-state index is 0.0923. The number of carbonyl (C=O) groups is 1. The predicted octanol–water partition coefficient (Wildman–Crippen LogP) is 3.98. The number of aryl methyl sites for hydroxylation is 2. The number of amides is 1. The van der Waals surface area contributed by atoms with Crippen LogP contribution >= 0.6 is 23.1 Å². The van der Waals surface area contributed by atoms with Crippen LogP contribution in [0.5, 0.6) is 0 Å². The summed E-state index contributed by atoms with van der Waals surface area (Å²) in [7, 11) is 0. The lowest BCUT2D eigenvalue weighted by atomic mass is 10.1. The lowest BCUT2D eigenvalue weighted by molar-refractivity contribution is -0.116. The number of benzene rings is 1. The summed E-state index contributed by atoms with van der Waals surface area (Å²) in [4.78, 5) is 36.2. The molecule has 0 fully saturated rings. The van der Waals surface area contributed by atoms with Crippen molar-refractivity contribution in [2.45, 2.75) is 25.3 Å². The third-order valence-electron chi connectivity index (χ3n) is 4.41.